The Kier molecular flexibility index (Phi) is 6.08. The van der Waals surface area contributed by atoms with E-state index < -0.39 is 15.8 Å². The van der Waals surface area contributed by atoms with E-state index in [0.29, 0.717) is 39.5 Å². The summed E-state index contributed by atoms with van der Waals surface area (Å²) in [5.74, 6) is -0.486. The number of aromatic nitrogens is 1. The van der Waals surface area contributed by atoms with Crippen molar-refractivity contribution in [3.05, 3.63) is 72.4 Å². The van der Waals surface area contributed by atoms with Crippen molar-refractivity contribution in [2.24, 2.45) is 4.99 Å². The van der Waals surface area contributed by atoms with Crippen molar-refractivity contribution in [3.63, 3.8) is 0 Å². The number of fused-ring (bicyclic) bond motifs is 2. The normalized spacial score (nSPS) is 12.0. The van der Waals surface area contributed by atoms with E-state index >= 15 is 0 Å². The molecule has 0 aliphatic rings. The fraction of sp³-hybridized carbons (Fsp3) is 0.200. The lowest BCUT2D eigenvalue weighted by atomic mass is 10.2. The van der Waals surface area contributed by atoms with Crippen LogP contribution in [0.25, 0.3) is 20.3 Å². The van der Waals surface area contributed by atoms with Crippen LogP contribution in [-0.2, 0) is 11.3 Å². The Morgan fingerprint density at radius 3 is 2.47 bits per heavy atom. The summed E-state index contributed by atoms with van der Waals surface area (Å²) < 4.78 is 8.60. The van der Waals surface area contributed by atoms with Crippen molar-refractivity contribution >= 4 is 60.3 Å². The van der Waals surface area contributed by atoms with Crippen LogP contribution >= 0.6 is 22.7 Å². The minimum absolute atomic E-state index is 0.0420. The molecule has 164 valence electrons. The largest absolute Gasteiger partial charge is 0.380 e. The van der Waals surface area contributed by atoms with Crippen LogP contribution in [0.15, 0.2) is 47.5 Å². The number of nitrogens with zero attached hydrogens (tertiary/aromatic N) is 4. The Hall–Kier alpha value is -3.48. The molecule has 0 radical (unpaired) electrons. The summed E-state index contributed by atoms with van der Waals surface area (Å²) in [5.41, 5.74) is 0.629. The Labute approximate surface area is 188 Å². The van der Waals surface area contributed by atoms with Gasteiger partial charge in [-0.3, -0.25) is 25.0 Å². The van der Waals surface area contributed by atoms with Crippen molar-refractivity contribution in [2.75, 3.05) is 13.2 Å². The van der Waals surface area contributed by atoms with E-state index in [1.165, 1.54) is 46.9 Å². The van der Waals surface area contributed by atoms with E-state index in [1.54, 1.807) is 22.8 Å². The van der Waals surface area contributed by atoms with Gasteiger partial charge in [-0.1, -0.05) is 11.3 Å². The van der Waals surface area contributed by atoms with Gasteiger partial charge < -0.3 is 9.30 Å². The zero-order valence-corrected chi connectivity index (χ0v) is 18.4. The molecule has 0 saturated heterocycles. The summed E-state index contributed by atoms with van der Waals surface area (Å²) in [6, 6.07) is 10.5. The van der Waals surface area contributed by atoms with E-state index in [2.05, 4.69) is 4.99 Å². The molecule has 2 aromatic carbocycles. The number of nitro groups is 2. The Bertz CT molecular complexity index is 1440. The summed E-state index contributed by atoms with van der Waals surface area (Å²) >= 11 is 2.38. The number of carbonyl (C=O) groups excluding carboxylic acids is 1. The zero-order chi connectivity index (χ0) is 22.8. The molecule has 12 heteroatoms. The molecule has 2 aromatic heterocycles. The molecule has 4 rings (SSSR count). The predicted octanol–water partition coefficient (Wildman–Crippen LogP) is 4.51. The van der Waals surface area contributed by atoms with Crippen LogP contribution in [0.4, 0.5) is 11.4 Å². The van der Waals surface area contributed by atoms with Crippen LogP contribution in [0, 0.1) is 20.2 Å². The molecule has 0 N–H and O–H groups in total. The number of non-ortho nitro benzene ring substituents is 2. The second-order valence-corrected chi connectivity index (χ2v) is 8.74. The van der Waals surface area contributed by atoms with Gasteiger partial charge in [0.1, 0.15) is 0 Å². The second kappa shape index (κ2) is 8.94. The topological polar surface area (TPSA) is 130 Å². The fourth-order valence-corrected chi connectivity index (χ4v) is 5.18. The first kappa shape index (κ1) is 21.7. The van der Waals surface area contributed by atoms with Gasteiger partial charge in [0.15, 0.2) is 4.80 Å². The molecular weight excluding hydrogens is 456 g/mol. The number of thiazole rings is 1. The summed E-state index contributed by atoms with van der Waals surface area (Å²) in [6.07, 6.45) is 0. The molecule has 0 bridgehead atoms. The highest BCUT2D eigenvalue weighted by molar-refractivity contribution is 7.21. The van der Waals surface area contributed by atoms with Gasteiger partial charge >= 0.3 is 0 Å². The number of rotatable bonds is 7. The van der Waals surface area contributed by atoms with Crippen LogP contribution < -0.4 is 4.80 Å². The van der Waals surface area contributed by atoms with Crippen LogP contribution in [0.1, 0.15) is 16.6 Å². The van der Waals surface area contributed by atoms with Crippen LogP contribution in [0.3, 0.4) is 0 Å². The third-order valence-corrected chi connectivity index (χ3v) is 6.80. The standard InChI is InChI=1S/C20H16N4O6S2/c1-2-30-8-7-22-15-5-3-14(24(28)29)11-17(15)32-20(22)21-19(25)18-10-12-9-13(23(26)27)4-6-16(12)31-18/h3-6,9-11H,2,7-8H2,1H3. The van der Waals surface area contributed by atoms with Crippen molar-refractivity contribution < 1.29 is 19.4 Å². The lowest BCUT2D eigenvalue weighted by Gasteiger charge is -2.05. The average Bonchev–Trinajstić information content (AvgIpc) is 3.34. The third-order valence-electron chi connectivity index (χ3n) is 4.66. The Balaban J connectivity index is 1.78. The summed E-state index contributed by atoms with van der Waals surface area (Å²) in [7, 11) is 0. The predicted molar refractivity (Wildman–Crippen MR) is 121 cm³/mol. The van der Waals surface area contributed by atoms with Crippen LogP contribution in [-0.4, -0.2) is 33.5 Å². The first-order chi connectivity index (χ1) is 15.4. The molecule has 10 nitrogen and oxygen atoms in total. The molecule has 2 heterocycles. The monoisotopic (exact) mass is 472 g/mol. The molecule has 0 fully saturated rings. The van der Waals surface area contributed by atoms with E-state index in [-0.39, 0.29) is 11.4 Å². The molecular formula is C20H16N4O6S2. The maximum atomic E-state index is 12.9. The second-order valence-electron chi connectivity index (χ2n) is 6.65. The molecule has 0 atom stereocenters. The number of amides is 1. The van der Waals surface area contributed by atoms with Gasteiger partial charge in [-0.2, -0.15) is 4.99 Å². The number of thiophene rings is 1. The SMILES string of the molecule is CCOCCn1c(=NC(=O)c2cc3cc([N+](=O)[O-])ccc3s2)sc2cc([N+](=O)[O-])ccc21. The van der Waals surface area contributed by atoms with Gasteiger partial charge in [-0.15, -0.1) is 11.3 Å². The average molecular weight is 473 g/mol. The van der Waals surface area contributed by atoms with Crippen molar-refractivity contribution in [2.45, 2.75) is 13.5 Å². The van der Waals surface area contributed by atoms with Crippen LogP contribution in [0.5, 0.6) is 0 Å². The summed E-state index contributed by atoms with van der Waals surface area (Å²) in [5, 5.41) is 22.7. The van der Waals surface area contributed by atoms with Crippen LogP contribution in [0.2, 0.25) is 0 Å². The quantitative estimate of drug-likeness (QED) is 0.221. The third kappa shape index (κ3) is 4.28. The van der Waals surface area contributed by atoms with Crippen molar-refractivity contribution in [3.8, 4) is 0 Å². The molecule has 1 amide bonds. The smallest absolute Gasteiger partial charge is 0.289 e. The fourth-order valence-electron chi connectivity index (χ4n) is 3.17. The zero-order valence-electron chi connectivity index (χ0n) is 16.7. The Morgan fingerprint density at radius 1 is 1.03 bits per heavy atom. The van der Waals surface area contributed by atoms with E-state index in [4.69, 9.17) is 4.74 Å². The molecule has 4 aromatic rings. The maximum absolute atomic E-state index is 12.9. The number of nitro benzene ring substituents is 2. The van der Waals surface area contributed by atoms with Gasteiger partial charge in [0, 0.05) is 47.5 Å². The minimum atomic E-state index is -0.486. The summed E-state index contributed by atoms with van der Waals surface area (Å²) in [6.45, 7) is 3.23. The van der Waals surface area contributed by atoms with Gasteiger partial charge in [0.25, 0.3) is 17.3 Å². The molecule has 0 spiro atoms. The highest BCUT2D eigenvalue weighted by atomic mass is 32.1. The molecule has 0 aliphatic carbocycles. The molecule has 0 saturated carbocycles. The van der Waals surface area contributed by atoms with Crippen molar-refractivity contribution in [1.82, 2.24) is 4.57 Å². The number of ether oxygens (including phenoxy) is 1. The first-order valence-electron chi connectivity index (χ1n) is 9.50. The van der Waals surface area contributed by atoms with Gasteiger partial charge in [-0.25, -0.2) is 0 Å². The molecule has 0 aliphatic heterocycles. The van der Waals surface area contributed by atoms with Gasteiger partial charge in [0.2, 0.25) is 0 Å². The number of hydrogen-bond acceptors (Lipinski definition) is 8. The first-order valence-corrected chi connectivity index (χ1v) is 11.1. The minimum Gasteiger partial charge on any atom is -0.380 e. The Morgan fingerprint density at radius 2 is 1.75 bits per heavy atom. The van der Waals surface area contributed by atoms with E-state index in [0.717, 1.165) is 10.2 Å². The molecule has 32 heavy (non-hydrogen) atoms. The molecule has 0 unspecified atom stereocenters. The number of hydrogen-bond donors (Lipinski definition) is 0. The summed E-state index contributed by atoms with van der Waals surface area (Å²) in [4.78, 5) is 39.1. The van der Waals surface area contributed by atoms with Gasteiger partial charge in [0.05, 0.1) is 31.5 Å². The van der Waals surface area contributed by atoms with Crippen molar-refractivity contribution in [1.29, 1.82) is 0 Å². The lowest BCUT2D eigenvalue weighted by Crippen LogP contribution is -2.19. The van der Waals surface area contributed by atoms with Gasteiger partial charge in [-0.05, 0) is 25.1 Å². The number of carbonyl (C=O) groups is 1. The lowest BCUT2D eigenvalue weighted by molar-refractivity contribution is -0.384. The highest BCUT2D eigenvalue weighted by Crippen LogP contribution is 2.29. The van der Waals surface area contributed by atoms with E-state index in [9.17, 15) is 25.0 Å². The highest BCUT2D eigenvalue weighted by Gasteiger charge is 2.16. The number of benzene rings is 2. The van der Waals surface area contributed by atoms with E-state index in [1.807, 2.05) is 6.92 Å². The maximum Gasteiger partial charge on any atom is 0.289 e.